The van der Waals surface area contributed by atoms with Crippen LogP contribution in [-0.4, -0.2) is 31.1 Å². The van der Waals surface area contributed by atoms with Crippen LogP contribution in [0.25, 0.3) is 0 Å². The van der Waals surface area contributed by atoms with Gasteiger partial charge in [0.15, 0.2) is 0 Å². The summed E-state index contributed by atoms with van der Waals surface area (Å²) < 4.78 is 5.31. The summed E-state index contributed by atoms with van der Waals surface area (Å²) in [5.74, 6) is 2.16. The molecule has 0 bridgehead atoms. The molecule has 108 valence electrons. The Morgan fingerprint density at radius 1 is 1.30 bits per heavy atom. The fraction of sp³-hybridized carbons (Fsp3) is 0.562. The van der Waals surface area contributed by atoms with Gasteiger partial charge in [-0.05, 0) is 49.3 Å². The summed E-state index contributed by atoms with van der Waals surface area (Å²) in [6, 6.07) is 5.83. The van der Waals surface area contributed by atoms with Gasteiger partial charge < -0.3 is 15.0 Å². The fourth-order valence-corrected chi connectivity index (χ4v) is 3.51. The number of carbonyl (C=O) groups is 1. The Hall–Kier alpha value is -1.71. The zero-order valence-electron chi connectivity index (χ0n) is 12.2. The Kier molecular flexibility index (Phi) is 3.55. The van der Waals surface area contributed by atoms with E-state index < -0.39 is 0 Å². The summed E-state index contributed by atoms with van der Waals surface area (Å²) in [4.78, 5) is 14.3. The maximum absolute atomic E-state index is 12.4. The second-order valence-corrected chi connectivity index (χ2v) is 5.99. The summed E-state index contributed by atoms with van der Waals surface area (Å²) in [5.41, 5.74) is 1.87. The van der Waals surface area contributed by atoms with Crippen molar-refractivity contribution in [3.63, 3.8) is 0 Å². The first-order valence-electron chi connectivity index (χ1n) is 7.38. The molecule has 4 nitrogen and oxygen atoms in total. The molecule has 20 heavy (non-hydrogen) atoms. The molecule has 1 saturated heterocycles. The molecule has 4 heteroatoms. The molecule has 1 aliphatic carbocycles. The van der Waals surface area contributed by atoms with Crippen molar-refractivity contribution in [2.24, 2.45) is 11.8 Å². The van der Waals surface area contributed by atoms with E-state index in [1.165, 1.54) is 19.3 Å². The van der Waals surface area contributed by atoms with Gasteiger partial charge in [-0.3, -0.25) is 0 Å². The van der Waals surface area contributed by atoms with E-state index in [0.717, 1.165) is 36.2 Å². The van der Waals surface area contributed by atoms with Crippen LogP contribution in [0, 0.1) is 18.8 Å². The number of aryl methyl sites for hydroxylation is 1. The third-order valence-electron chi connectivity index (χ3n) is 4.61. The summed E-state index contributed by atoms with van der Waals surface area (Å²) in [5, 5.41) is 3.00. The number of fused-ring (bicyclic) bond motifs is 1. The Bertz CT molecular complexity index is 503. The highest BCUT2D eigenvalue weighted by Gasteiger charge is 2.38. The van der Waals surface area contributed by atoms with Crippen molar-refractivity contribution < 1.29 is 9.53 Å². The van der Waals surface area contributed by atoms with Crippen LogP contribution in [0.5, 0.6) is 5.75 Å². The Labute approximate surface area is 120 Å². The lowest BCUT2D eigenvalue weighted by Crippen LogP contribution is -2.33. The fourth-order valence-electron chi connectivity index (χ4n) is 3.51. The Balaban J connectivity index is 1.69. The molecule has 1 heterocycles. The van der Waals surface area contributed by atoms with Gasteiger partial charge in [0.05, 0.1) is 12.8 Å². The molecule has 2 fully saturated rings. The van der Waals surface area contributed by atoms with Crippen molar-refractivity contribution in [3.8, 4) is 5.75 Å². The van der Waals surface area contributed by atoms with E-state index in [4.69, 9.17) is 4.74 Å². The number of urea groups is 1. The minimum absolute atomic E-state index is 0.00306. The lowest BCUT2D eigenvalue weighted by molar-refractivity contribution is 0.218. The van der Waals surface area contributed by atoms with Crippen LogP contribution < -0.4 is 10.1 Å². The number of rotatable bonds is 2. The van der Waals surface area contributed by atoms with E-state index in [1.807, 2.05) is 30.0 Å². The number of anilines is 1. The molecule has 0 unspecified atom stereocenters. The zero-order valence-corrected chi connectivity index (χ0v) is 12.2. The van der Waals surface area contributed by atoms with Crippen LogP contribution in [0.4, 0.5) is 10.5 Å². The number of ether oxygens (including phenoxy) is 1. The minimum atomic E-state index is 0.00306. The number of nitrogens with one attached hydrogen (secondary N) is 1. The van der Waals surface area contributed by atoms with Crippen molar-refractivity contribution in [3.05, 3.63) is 23.8 Å². The molecule has 1 N–H and O–H groups in total. The molecule has 2 aliphatic rings. The van der Waals surface area contributed by atoms with Gasteiger partial charge in [0.1, 0.15) is 5.75 Å². The van der Waals surface area contributed by atoms with Gasteiger partial charge in [-0.2, -0.15) is 0 Å². The number of methoxy groups -OCH3 is 1. The van der Waals surface area contributed by atoms with E-state index >= 15 is 0 Å². The van der Waals surface area contributed by atoms with Crippen molar-refractivity contribution in [2.45, 2.75) is 26.2 Å². The molecule has 0 spiro atoms. The quantitative estimate of drug-likeness (QED) is 0.899. The highest BCUT2D eigenvalue weighted by molar-refractivity contribution is 5.91. The molecular formula is C16H22N2O2. The Morgan fingerprint density at radius 3 is 2.65 bits per heavy atom. The van der Waals surface area contributed by atoms with E-state index in [1.54, 1.807) is 7.11 Å². The predicted octanol–water partition coefficient (Wildman–Crippen LogP) is 3.27. The topological polar surface area (TPSA) is 41.6 Å². The third-order valence-corrected chi connectivity index (χ3v) is 4.61. The summed E-state index contributed by atoms with van der Waals surface area (Å²) in [6.07, 6.45) is 3.89. The molecule has 1 aromatic carbocycles. The van der Waals surface area contributed by atoms with Crippen LogP contribution >= 0.6 is 0 Å². The van der Waals surface area contributed by atoms with E-state index in [0.29, 0.717) is 5.75 Å². The van der Waals surface area contributed by atoms with E-state index in [-0.39, 0.29) is 6.03 Å². The van der Waals surface area contributed by atoms with Gasteiger partial charge in [0.2, 0.25) is 0 Å². The normalized spacial score (nSPS) is 24.6. The average molecular weight is 274 g/mol. The van der Waals surface area contributed by atoms with Gasteiger partial charge in [0, 0.05) is 13.1 Å². The highest BCUT2D eigenvalue weighted by atomic mass is 16.5. The summed E-state index contributed by atoms with van der Waals surface area (Å²) in [6.45, 7) is 3.82. The maximum atomic E-state index is 12.4. The number of hydrogen-bond donors (Lipinski definition) is 1. The molecule has 1 aromatic rings. The number of amides is 2. The molecule has 2 amide bonds. The number of hydrogen-bond acceptors (Lipinski definition) is 2. The van der Waals surface area contributed by atoms with Crippen LogP contribution in [0.3, 0.4) is 0 Å². The van der Waals surface area contributed by atoms with Crippen molar-refractivity contribution in [1.82, 2.24) is 4.90 Å². The third kappa shape index (κ3) is 2.47. The van der Waals surface area contributed by atoms with Crippen LogP contribution in [-0.2, 0) is 0 Å². The van der Waals surface area contributed by atoms with Crippen molar-refractivity contribution in [2.75, 3.05) is 25.5 Å². The summed E-state index contributed by atoms with van der Waals surface area (Å²) in [7, 11) is 1.63. The number of carbonyl (C=O) groups excluding carboxylic acids is 1. The average Bonchev–Trinajstić information content (AvgIpc) is 2.99. The van der Waals surface area contributed by atoms with Gasteiger partial charge >= 0.3 is 6.03 Å². The van der Waals surface area contributed by atoms with E-state index in [9.17, 15) is 4.79 Å². The number of benzene rings is 1. The van der Waals surface area contributed by atoms with Crippen LogP contribution in [0.1, 0.15) is 24.8 Å². The largest absolute Gasteiger partial charge is 0.495 e. The second-order valence-electron chi connectivity index (χ2n) is 5.99. The van der Waals surface area contributed by atoms with Gasteiger partial charge in [0.25, 0.3) is 0 Å². The lowest BCUT2D eigenvalue weighted by atomic mass is 10.0. The van der Waals surface area contributed by atoms with E-state index in [2.05, 4.69) is 5.32 Å². The molecular weight excluding hydrogens is 252 g/mol. The zero-order chi connectivity index (χ0) is 14.1. The minimum Gasteiger partial charge on any atom is -0.495 e. The van der Waals surface area contributed by atoms with Gasteiger partial charge in [-0.25, -0.2) is 4.79 Å². The highest BCUT2D eigenvalue weighted by Crippen LogP contribution is 2.38. The molecule has 1 aliphatic heterocycles. The molecule has 3 rings (SSSR count). The number of likely N-dealkylation sites (tertiary alicyclic amines) is 1. The van der Waals surface area contributed by atoms with Crippen molar-refractivity contribution >= 4 is 11.7 Å². The summed E-state index contributed by atoms with van der Waals surface area (Å²) >= 11 is 0. The monoisotopic (exact) mass is 274 g/mol. The molecule has 0 aromatic heterocycles. The molecule has 2 atom stereocenters. The SMILES string of the molecule is COc1ccc(C)cc1NC(=O)N1C[C@H]2CCC[C@H]2C1. The smallest absolute Gasteiger partial charge is 0.321 e. The van der Waals surface area contributed by atoms with Gasteiger partial charge in [-0.15, -0.1) is 0 Å². The first-order valence-corrected chi connectivity index (χ1v) is 7.38. The predicted molar refractivity (Wildman–Crippen MR) is 79.2 cm³/mol. The van der Waals surface area contributed by atoms with Crippen molar-refractivity contribution in [1.29, 1.82) is 0 Å². The lowest BCUT2D eigenvalue weighted by Gasteiger charge is -2.19. The maximum Gasteiger partial charge on any atom is 0.321 e. The molecule has 1 saturated carbocycles. The number of nitrogens with zero attached hydrogens (tertiary/aromatic N) is 1. The van der Waals surface area contributed by atoms with Gasteiger partial charge in [-0.1, -0.05) is 12.5 Å². The first kappa shape index (κ1) is 13.3. The Morgan fingerprint density at radius 2 is 2.00 bits per heavy atom. The molecule has 0 radical (unpaired) electrons. The standard InChI is InChI=1S/C16H22N2O2/c1-11-6-7-15(20-2)14(8-11)17-16(19)18-9-12-4-3-5-13(12)10-18/h6-8,12-13H,3-5,9-10H2,1-2H3,(H,17,19)/t12-,13+. The second kappa shape index (κ2) is 5.35. The van der Waals surface area contributed by atoms with Crippen LogP contribution in [0.2, 0.25) is 0 Å². The van der Waals surface area contributed by atoms with Crippen LogP contribution in [0.15, 0.2) is 18.2 Å². The first-order chi connectivity index (χ1) is 9.67.